The van der Waals surface area contributed by atoms with Crippen molar-refractivity contribution in [2.75, 3.05) is 26.3 Å². The maximum absolute atomic E-state index is 13.8. The van der Waals surface area contributed by atoms with Gasteiger partial charge in [0, 0.05) is 24.2 Å². The highest BCUT2D eigenvalue weighted by molar-refractivity contribution is 6.01. The third-order valence-electron chi connectivity index (χ3n) is 6.24. The first-order valence-electron chi connectivity index (χ1n) is 10.6. The van der Waals surface area contributed by atoms with E-state index in [1.165, 1.54) is 12.1 Å². The third kappa shape index (κ3) is 3.65. The highest BCUT2D eigenvalue weighted by Crippen LogP contribution is 2.41. The summed E-state index contributed by atoms with van der Waals surface area (Å²) in [5, 5.41) is 9.18. The fourth-order valence-corrected chi connectivity index (χ4v) is 4.56. The highest BCUT2D eigenvalue weighted by Gasteiger charge is 2.27. The van der Waals surface area contributed by atoms with Gasteiger partial charge in [-0.05, 0) is 76.2 Å². The molecule has 2 amide bonds. The first-order chi connectivity index (χ1) is 16.0. The smallest absolute Gasteiger partial charge is 0.254 e. The Morgan fingerprint density at radius 2 is 1.79 bits per heavy atom. The Bertz CT molecular complexity index is 1350. The minimum atomic E-state index is -0.597. The summed E-state index contributed by atoms with van der Waals surface area (Å²) in [6, 6.07) is 15.3. The number of halogens is 1. The number of benzene rings is 3. The SMILES string of the molecule is N#Cc1cc(-c2cc(C(N)=O)c3c(c2)-c2ccc(C(=O)N4CCOCC4)cc2C3)ccc1F. The number of nitriles is 1. The first kappa shape index (κ1) is 20.9. The molecule has 0 unspecified atom stereocenters. The number of morpholine rings is 1. The maximum atomic E-state index is 13.8. The van der Waals surface area contributed by atoms with E-state index in [9.17, 15) is 19.2 Å². The summed E-state index contributed by atoms with van der Waals surface area (Å²) in [6.45, 7) is 2.19. The van der Waals surface area contributed by atoms with Crippen LogP contribution in [0.25, 0.3) is 22.3 Å². The fourth-order valence-electron chi connectivity index (χ4n) is 4.56. The van der Waals surface area contributed by atoms with Crippen LogP contribution >= 0.6 is 0 Å². The molecule has 3 aromatic rings. The number of nitrogens with two attached hydrogens (primary N) is 1. The fraction of sp³-hybridized carbons (Fsp3) is 0.192. The van der Waals surface area contributed by atoms with Gasteiger partial charge in [-0.2, -0.15) is 5.26 Å². The highest BCUT2D eigenvalue weighted by atomic mass is 19.1. The van der Waals surface area contributed by atoms with Crippen molar-refractivity contribution in [3.05, 3.63) is 82.2 Å². The van der Waals surface area contributed by atoms with Gasteiger partial charge in [0.2, 0.25) is 5.91 Å². The molecule has 0 atom stereocenters. The third-order valence-corrected chi connectivity index (χ3v) is 6.24. The van der Waals surface area contributed by atoms with Gasteiger partial charge in [-0.15, -0.1) is 0 Å². The van der Waals surface area contributed by atoms with E-state index in [1.54, 1.807) is 23.1 Å². The van der Waals surface area contributed by atoms with Crippen molar-refractivity contribution in [3.63, 3.8) is 0 Å². The van der Waals surface area contributed by atoms with Gasteiger partial charge < -0.3 is 15.4 Å². The molecule has 3 aromatic carbocycles. The van der Waals surface area contributed by atoms with Crippen LogP contribution < -0.4 is 5.73 Å². The minimum Gasteiger partial charge on any atom is -0.378 e. The molecule has 0 bridgehead atoms. The van der Waals surface area contributed by atoms with E-state index in [-0.39, 0.29) is 11.5 Å². The number of carbonyl (C=O) groups excluding carboxylic acids is 2. The zero-order valence-electron chi connectivity index (χ0n) is 17.7. The van der Waals surface area contributed by atoms with Crippen molar-refractivity contribution < 1.29 is 18.7 Å². The molecule has 2 aliphatic rings. The number of carbonyl (C=O) groups is 2. The molecule has 7 heteroatoms. The molecule has 1 saturated heterocycles. The number of amides is 2. The Morgan fingerprint density at radius 1 is 1.00 bits per heavy atom. The topological polar surface area (TPSA) is 96.4 Å². The quantitative estimate of drug-likeness (QED) is 0.526. The summed E-state index contributed by atoms with van der Waals surface area (Å²) in [5.74, 6) is -1.20. The largest absolute Gasteiger partial charge is 0.378 e. The van der Waals surface area contributed by atoms with Crippen LogP contribution in [0, 0.1) is 17.1 Å². The molecule has 0 spiro atoms. The lowest BCUT2D eigenvalue weighted by Gasteiger charge is -2.27. The molecule has 6 nitrogen and oxygen atoms in total. The zero-order valence-corrected chi connectivity index (χ0v) is 17.7. The minimum absolute atomic E-state index is 0.0387. The van der Waals surface area contributed by atoms with Crippen molar-refractivity contribution in [1.29, 1.82) is 5.26 Å². The predicted octanol–water partition coefficient (Wildman–Crippen LogP) is 3.51. The summed E-state index contributed by atoms with van der Waals surface area (Å²) in [7, 11) is 0. The second kappa shape index (κ2) is 8.15. The van der Waals surface area contributed by atoms with Crippen molar-refractivity contribution >= 4 is 11.8 Å². The summed E-state index contributed by atoms with van der Waals surface area (Å²) >= 11 is 0. The standard InChI is InChI=1S/C26H20FN3O3/c27-24-4-2-15(9-19(24)14-28)17-11-21-20-3-1-16(26(32)30-5-7-33-8-6-30)10-18(20)13-22(21)23(12-17)25(29)31/h1-4,9-12H,5-8,13H2,(H2,29,31). The molecular formula is C26H20FN3O3. The van der Waals surface area contributed by atoms with Crippen LogP contribution in [-0.2, 0) is 11.2 Å². The molecule has 33 heavy (non-hydrogen) atoms. The molecule has 1 aliphatic heterocycles. The number of rotatable bonds is 3. The average Bonchev–Trinajstić information content (AvgIpc) is 3.21. The number of primary amides is 1. The Hall–Kier alpha value is -4.02. The van der Waals surface area contributed by atoms with E-state index in [4.69, 9.17) is 10.5 Å². The Kier molecular flexibility index (Phi) is 5.15. The van der Waals surface area contributed by atoms with Gasteiger partial charge in [0.05, 0.1) is 18.8 Å². The van der Waals surface area contributed by atoms with E-state index in [1.807, 2.05) is 24.3 Å². The van der Waals surface area contributed by atoms with Crippen LogP contribution in [0.15, 0.2) is 48.5 Å². The lowest BCUT2D eigenvalue weighted by atomic mass is 9.93. The second-order valence-electron chi connectivity index (χ2n) is 8.17. The van der Waals surface area contributed by atoms with Gasteiger partial charge in [0.15, 0.2) is 0 Å². The van der Waals surface area contributed by atoms with E-state index < -0.39 is 11.7 Å². The lowest BCUT2D eigenvalue weighted by molar-refractivity contribution is 0.0303. The number of ether oxygens (including phenoxy) is 1. The van der Waals surface area contributed by atoms with Crippen LogP contribution in [-0.4, -0.2) is 43.0 Å². The summed E-state index contributed by atoms with van der Waals surface area (Å²) < 4.78 is 19.1. The molecule has 0 aromatic heterocycles. The molecule has 1 heterocycles. The Balaban J connectivity index is 1.57. The van der Waals surface area contributed by atoms with Crippen molar-refractivity contribution in [1.82, 2.24) is 4.90 Å². The van der Waals surface area contributed by atoms with Gasteiger partial charge in [0.25, 0.3) is 5.91 Å². The molecular weight excluding hydrogens is 421 g/mol. The molecule has 164 valence electrons. The van der Waals surface area contributed by atoms with E-state index in [0.29, 0.717) is 55.0 Å². The summed E-state index contributed by atoms with van der Waals surface area (Å²) in [6.07, 6.45) is 0.486. The van der Waals surface area contributed by atoms with Gasteiger partial charge in [-0.25, -0.2) is 4.39 Å². The molecule has 1 fully saturated rings. The van der Waals surface area contributed by atoms with Gasteiger partial charge in [-0.3, -0.25) is 9.59 Å². The predicted molar refractivity (Wildman–Crippen MR) is 120 cm³/mol. The second-order valence-corrected chi connectivity index (χ2v) is 8.17. The summed E-state index contributed by atoms with van der Waals surface area (Å²) in [4.78, 5) is 27.0. The number of hydrogen-bond acceptors (Lipinski definition) is 4. The van der Waals surface area contributed by atoms with Crippen molar-refractivity contribution in [2.24, 2.45) is 5.73 Å². The van der Waals surface area contributed by atoms with Crippen LogP contribution in [0.2, 0.25) is 0 Å². The molecule has 0 saturated carbocycles. The maximum Gasteiger partial charge on any atom is 0.254 e. The van der Waals surface area contributed by atoms with Gasteiger partial charge in [-0.1, -0.05) is 12.1 Å². The van der Waals surface area contributed by atoms with Gasteiger partial charge >= 0.3 is 0 Å². The summed E-state index contributed by atoms with van der Waals surface area (Å²) in [5.41, 5.74) is 11.4. The van der Waals surface area contributed by atoms with E-state index in [2.05, 4.69) is 0 Å². The number of hydrogen-bond donors (Lipinski definition) is 1. The first-order valence-corrected chi connectivity index (χ1v) is 10.6. The molecule has 2 N–H and O–H groups in total. The number of nitrogens with zero attached hydrogens (tertiary/aromatic N) is 2. The number of fused-ring (bicyclic) bond motifs is 3. The molecule has 5 rings (SSSR count). The van der Waals surface area contributed by atoms with Crippen LogP contribution in [0.4, 0.5) is 4.39 Å². The Morgan fingerprint density at radius 3 is 2.52 bits per heavy atom. The lowest BCUT2D eigenvalue weighted by Crippen LogP contribution is -2.40. The van der Waals surface area contributed by atoms with Gasteiger partial charge in [0.1, 0.15) is 11.9 Å². The van der Waals surface area contributed by atoms with Crippen LogP contribution in [0.5, 0.6) is 0 Å². The molecule has 0 radical (unpaired) electrons. The van der Waals surface area contributed by atoms with E-state index >= 15 is 0 Å². The Labute approximate surface area is 190 Å². The van der Waals surface area contributed by atoms with Crippen molar-refractivity contribution in [3.8, 4) is 28.3 Å². The van der Waals surface area contributed by atoms with Crippen LogP contribution in [0.3, 0.4) is 0 Å². The van der Waals surface area contributed by atoms with Crippen LogP contribution in [0.1, 0.15) is 37.4 Å². The van der Waals surface area contributed by atoms with E-state index in [0.717, 1.165) is 22.3 Å². The average molecular weight is 441 g/mol. The zero-order chi connectivity index (χ0) is 23.1. The molecule has 1 aliphatic carbocycles. The normalized spacial score (nSPS) is 14.4. The monoisotopic (exact) mass is 441 g/mol. The van der Waals surface area contributed by atoms with Crippen molar-refractivity contribution in [2.45, 2.75) is 6.42 Å².